The van der Waals surface area contributed by atoms with Crippen LogP contribution in [0.3, 0.4) is 0 Å². The molecule has 2 rings (SSSR count). The van der Waals surface area contributed by atoms with Gasteiger partial charge in [0.1, 0.15) is 0 Å². The van der Waals surface area contributed by atoms with Crippen LogP contribution in [0.15, 0.2) is 6.20 Å². The Morgan fingerprint density at radius 3 is 2.79 bits per heavy atom. The van der Waals surface area contributed by atoms with Gasteiger partial charge in [0, 0.05) is 11.9 Å². The van der Waals surface area contributed by atoms with Gasteiger partial charge in [0.25, 0.3) is 0 Å². The van der Waals surface area contributed by atoms with Crippen molar-refractivity contribution < 1.29 is 8.42 Å². The summed E-state index contributed by atoms with van der Waals surface area (Å²) in [5.41, 5.74) is 1.08. The van der Waals surface area contributed by atoms with E-state index in [2.05, 4.69) is 4.98 Å². The minimum Gasteiger partial charge on any atom is -0.337 e. The molecule has 1 aliphatic rings. The largest absolute Gasteiger partial charge is 0.337 e. The Balaban J connectivity index is 2.34. The lowest BCUT2D eigenvalue weighted by atomic mass is 10.3. The Kier molecular flexibility index (Phi) is 2.27. The number of hydrogen-bond donors (Lipinski definition) is 1. The number of imidazole rings is 1. The third-order valence-corrected chi connectivity index (χ3v) is 4.61. The normalized spacial score (nSPS) is 20.6. The molecule has 1 N–H and O–H groups in total. The smallest absolute Gasteiger partial charge is 0.177 e. The van der Waals surface area contributed by atoms with Gasteiger partial charge >= 0.3 is 0 Å². The zero-order valence-electron chi connectivity index (χ0n) is 7.86. The maximum atomic E-state index is 11.0. The molecule has 0 atom stereocenters. The van der Waals surface area contributed by atoms with E-state index < -0.39 is 9.84 Å². The fourth-order valence-electron chi connectivity index (χ4n) is 1.77. The number of hydrogen-bond acceptors (Lipinski definition) is 3. The highest BCUT2D eigenvalue weighted by Gasteiger charge is 2.35. The second kappa shape index (κ2) is 3.20. The van der Waals surface area contributed by atoms with Gasteiger partial charge in [-0.3, -0.25) is 0 Å². The van der Waals surface area contributed by atoms with Gasteiger partial charge < -0.3 is 9.55 Å². The van der Waals surface area contributed by atoms with Crippen LogP contribution in [-0.2, 0) is 16.3 Å². The van der Waals surface area contributed by atoms with Crippen molar-refractivity contribution in [2.75, 3.05) is 11.5 Å². The van der Waals surface area contributed by atoms with Gasteiger partial charge in [-0.05, 0) is 18.6 Å². The predicted molar refractivity (Wildman–Crippen MR) is 56.7 cm³/mol. The zero-order valence-corrected chi connectivity index (χ0v) is 9.49. The van der Waals surface area contributed by atoms with Crippen LogP contribution >= 0.6 is 12.2 Å². The summed E-state index contributed by atoms with van der Waals surface area (Å²) >= 11 is 5.10. The fraction of sp³-hybridized carbons (Fsp3) is 0.625. The molecule has 0 saturated carbocycles. The third kappa shape index (κ3) is 1.52. The summed E-state index contributed by atoms with van der Waals surface area (Å²) in [5.74, 6) is 0.457. The first-order valence-electron chi connectivity index (χ1n) is 4.52. The van der Waals surface area contributed by atoms with E-state index in [0.29, 0.717) is 4.77 Å². The van der Waals surface area contributed by atoms with Gasteiger partial charge in [0.15, 0.2) is 14.6 Å². The predicted octanol–water partition coefficient (Wildman–Crippen LogP) is 1.08. The van der Waals surface area contributed by atoms with Crippen molar-refractivity contribution in [3.63, 3.8) is 0 Å². The highest BCUT2D eigenvalue weighted by Crippen LogP contribution is 2.25. The first-order chi connectivity index (χ1) is 6.53. The van der Waals surface area contributed by atoms with Crippen LogP contribution in [0.25, 0.3) is 0 Å². The lowest BCUT2D eigenvalue weighted by molar-refractivity contribution is 0.494. The molecule has 0 bridgehead atoms. The molecule has 4 nitrogen and oxygen atoms in total. The number of rotatable bonds is 2. The topological polar surface area (TPSA) is 54.9 Å². The molecule has 0 spiro atoms. The maximum absolute atomic E-state index is 11.0. The molecule has 0 unspecified atom stereocenters. The van der Waals surface area contributed by atoms with Crippen LogP contribution in [0.2, 0.25) is 0 Å². The van der Waals surface area contributed by atoms with E-state index in [1.165, 1.54) is 0 Å². The molecule has 1 aromatic heterocycles. The molecular weight excluding hydrogens is 220 g/mol. The Hall–Kier alpha value is -0.620. The number of sulfone groups is 1. The van der Waals surface area contributed by atoms with Crippen molar-refractivity contribution in [1.82, 2.24) is 9.55 Å². The van der Waals surface area contributed by atoms with Crippen LogP contribution in [-0.4, -0.2) is 29.5 Å². The van der Waals surface area contributed by atoms with Gasteiger partial charge in [0.2, 0.25) is 0 Å². The summed E-state index contributed by atoms with van der Waals surface area (Å²) in [6.45, 7) is 2.03. The molecule has 1 aliphatic heterocycles. The standard InChI is InChI=1S/C8H12N2O2S2/c1-2-6-3-9-8(13)10(6)7-4-14(11,12)5-7/h3,7H,2,4-5H2,1H3,(H,9,13). The first-order valence-corrected chi connectivity index (χ1v) is 6.75. The number of aromatic nitrogens is 2. The fourth-order valence-corrected chi connectivity index (χ4v) is 3.47. The monoisotopic (exact) mass is 232 g/mol. The lowest BCUT2D eigenvalue weighted by Crippen LogP contribution is -2.38. The third-order valence-electron chi connectivity index (χ3n) is 2.51. The zero-order chi connectivity index (χ0) is 10.3. The lowest BCUT2D eigenvalue weighted by Gasteiger charge is -2.28. The molecule has 14 heavy (non-hydrogen) atoms. The SMILES string of the molecule is CCc1c[nH]c(=S)n1C1CS(=O)(=O)C1. The van der Waals surface area contributed by atoms with Gasteiger partial charge in [-0.1, -0.05) is 6.92 Å². The number of aryl methyl sites for hydroxylation is 1. The summed E-state index contributed by atoms with van der Waals surface area (Å²) in [6.07, 6.45) is 2.72. The van der Waals surface area contributed by atoms with E-state index in [9.17, 15) is 8.42 Å². The number of H-pyrrole nitrogens is 1. The van der Waals surface area contributed by atoms with E-state index >= 15 is 0 Å². The molecule has 0 radical (unpaired) electrons. The number of nitrogens with one attached hydrogen (secondary N) is 1. The summed E-state index contributed by atoms with van der Waals surface area (Å²) in [4.78, 5) is 2.95. The van der Waals surface area contributed by atoms with Crippen LogP contribution < -0.4 is 0 Å². The highest BCUT2D eigenvalue weighted by molar-refractivity contribution is 7.92. The average molecular weight is 232 g/mol. The van der Waals surface area contributed by atoms with Crippen molar-refractivity contribution in [2.24, 2.45) is 0 Å². The Bertz CT molecular complexity index is 486. The average Bonchev–Trinajstić information content (AvgIpc) is 2.42. The van der Waals surface area contributed by atoms with E-state index in [0.717, 1.165) is 12.1 Å². The number of nitrogens with zero attached hydrogens (tertiary/aromatic N) is 1. The summed E-state index contributed by atoms with van der Waals surface area (Å²) in [5, 5.41) is 0. The van der Waals surface area contributed by atoms with Gasteiger partial charge in [-0.15, -0.1) is 0 Å². The second-order valence-electron chi connectivity index (χ2n) is 3.54. The van der Waals surface area contributed by atoms with Crippen LogP contribution in [0.4, 0.5) is 0 Å². The van der Waals surface area contributed by atoms with E-state index in [1.54, 1.807) is 0 Å². The minimum absolute atomic E-state index is 0.0497. The molecule has 6 heteroatoms. The Labute approximate surface area is 87.9 Å². The van der Waals surface area contributed by atoms with Crippen LogP contribution in [0.1, 0.15) is 18.7 Å². The molecule has 1 fully saturated rings. The van der Waals surface area contributed by atoms with Gasteiger partial charge in [-0.2, -0.15) is 0 Å². The molecule has 0 aliphatic carbocycles. The summed E-state index contributed by atoms with van der Waals surface area (Å²) in [7, 11) is -2.78. The van der Waals surface area contributed by atoms with E-state index in [-0.39, 0.29) is 17.5 Å². The summed E-state index contributed by atoms with van der Waals surface area (Å²) < 4.78 is 24.6. The van der Waals surface area contributed by atoms with Crippen molar-refractivity contribution in [3.05, 3.63) is 16.7 Å². The highest BCUT2D eigenvalue weighted by atomic mass is 32.2. The quantitative estimate of drug-likeness (QED) is 0.776. The van der Waals surface area contributed by atoms with Crippen molar-refractivity contribution in [2.45, 2.75) is 19.4 Å². The second-order valence-corrected chi connectivity index (χ2v) is 6.08. The molecular formula is C8H12N2O2S2. The van der Waals surface area contributed by atoms with E-state index in [4.69, 9.17) is 12.2 Å². The molecule has 0 amide bonds. The molecule has 0 aromatic carbocycles. The Morgan fingerprint density at radius 1 is 1.64 bits per heavy atom. The molecule has 1 saturated heterocycles. The number of aromatic amines is 1. The molecule has 2 heterocycles. The maximum Gasteiger partial charge on any atom is 0.177 e. The minimum atomic E-state index is -2.78. The molecule has 78 valence electrons. The first kappa shape index (κ1) is 9.92. The van der Waals surface area contributed by atoms with Crippen molar-refractivity contribution in [3.8, 4) is 0 Å². The van der Waals surface area contributed by atoms with Crippen molar-refractivity contribution in [1.29, 1.82) is 0 Å². The van der Waals surface area contributed by atoms with Gasteiger partial charge in [-0.25, -0.2) is 8.42 Å². The molecule has 1 aromatic rings. The van der Waals surface area contributed by atoms with Crippen LogP contribution in [0.5, 0.6) is 0 Å². The summed E-state index contributed by atoms with van der Waals surface area (Å²) in [6, 6.07) is 0.0497. The van der Waals surface area contributed by atoms with Gasteiger partial charge in [0.05, 0.1) is 17.5 Å². The van der Waals surface area contributed by atoms with E-state index in [1.807, 2.05) is 17.7 Å². The Morgan fingerprint density at radius 2 is 2.29 bits per heavy atom. The van der Waals surface area contributed by atoms with Crippen LogP contribution in [0, 0.1) is 4.77 Å². The van der Waals surface area contributed by atoms with Crippen molar-refractivity contribution >= 4 is 22.1 Å².